The zero-order valence-electron chi connectivity index (χ0n) is 11.8. The molecule has 0 aromatic heterocycles. The lowest BCUT2D eigenvalue weighted by molar-refractivity contribution is -0.137. The van der Waals surface area contributed by atoms with Crippen LogP contribution in [-0.4, -0.2) is 31.3 Å². The van der Waals surface area contributed by atoms with Gasteiger partial charge in [-0.3, -0.25) is 4.79 Å². The minimum atomic E-state index is -0.393. The molecule has 0 aromatic carbocycles. The molecule has 0 saturated heterocycles. The lowest BCUT2D eigenvalue weighted by atomic mass is 10.2. The van der Waals surface area contributed by atoms with Crippen LogP contribution < -0.4 is 5.32 Å². The second-order valence-electron chi connectivity index (χ2n) is 4.48. The maximum absolute atomic E-state index is 11.0. The zero-order valence-corrected chi connectivity index (χ0v) is 11.8. The average Bonchev–Trinajstić information content (AvgIpc) is 2.16. The molecule has 0 bridgehead atoms. The first-order valence-corrected chi connectivity index (χ1v) is 5.74. The van der Waals surface area contributed by atoms with Crippen LogP contribution in [0.2, 0.25) is 0 Å². The van der Waals surface area contributed by atoms with Gasteiger partial charge >= 0.3 is 12.1 Å². The Labute approximate surface area is 104 Å². The van der Waals surface area contributed by atoms with Crippen LogP contribution in [0.1, 0.15) is 47.5 Å². The Morgan fingerprint density at radius 3 is 2.00 bits per heavy atom. The molecule has 5 nitrogen and oxygen atoms in total. The van der Waals surface area contributed by atoms with E-state index in [2.05, 4.69) is 17.0 Å². The number of carbonyl (C=O) groups excluding carboxylic acids is 2. The van der Waals surface area contributed by atoms with Gasteiger partial charge in [-0.15, -0.1) is 0 Å². The number of nitrogens with one attached hydrogen (secondary N) is 1. The van der Waals surface area contributed by atoms with E-state index >= 15 is 0 Å². The Morgan fingerprint density at radius 2 is 1.71 bits per heavy atom. The van der Waals surface area contributed by atoms with Gasteiger partial charge in [0.1, 0.15) is 5.60 Å². The summed E-state index contributed by atoms with van der Waals surface area (Å²) in [6, 6.07) is 0. The Bertz CT molecular complexity index is 221. The van der Waals surface area contributed by atoms with Gasteiger partial charge in [-0.05, 0) is 27.2 Å². The highest BCUT2D eigenvalue weighted by Crippen LogP contribution is 2.06. The smallest absolute Gasteiger partial charge is 0.407 e. The fourth-order valence-electron chi connectivity index (χ4n) is 0.681. The van der Waals surface area contributed by atoms with Gasteiger partial charge in [-0.25, -0.2) is 4.79 Å². The monoisotopic (exact) mass is 247 g/mol. The van der Waals surface area contributed by atoms with E-state index in [1.54, 1.807) is 0 Å². The van der Waals surface area contributed by atoms with Crippen molar-refractivity contribution in [2.45, 2.75) is 53.1 Å². The molecule has 0 aliphatic carbocycles. The van der Waals surface area contributed by atoms with Crippen LogP contribution in [0.25, 0.3) is 0 Å². The molecule has 0 rings (SSSR count). The molecule has 1 N–H and O–H groups in total. The second-order valence-corrected chi connectivity index (χ2v) is 4.48. The minimum absolute atomic E-state index is 0.245. The van der Waals surface area contributed by atoms with E-state index in [4.69, 9.17) is 4.74 Å². The maximum atomic E-state index is 11.0. The summed E-state index contributed by atoms with van der Waals surface area (Å²) in [4.78, 5) is 20.6. The van der Waals surface area contributed by atoms with Crippen LogP contribution in [0.15, 0.2) is 0 Å². The van der Waals surface area contributed by atoms with Crippen molar-refractivity contribution in [1.82, 2.24) is 5.32 Å². The SMILES string of the molecule is CCCCNC(=O)OC(C)(C)C.COC(C)=O. The quantitative estimate of drug-likeness (QED) is 0.614. The number of amides is 1. The van der Waals surface area contributed by atoms with Crippen LogP contribution >= 0.6 is 0 Å². The highest BCUT2D eigenvalue weighted by atomic mass is 16.6. The number of ether oxygens (including phenoxy) is 2. The molecule has 0 aliphatic rings. The van der Waals surface area contributed by atoms with Crippen molar-refractivity contribution in [3.8, 4) is 0 Å². The molecular formula is C12H25NO4. The average molecular weight is 247 g/mol. The van der Waals surface area contributed by atoms with Crippen LogP contribution in [-0.2, 0) is 14.3 Å². The summed E-state index contributed by atoms with van der Waals surface area (Å²) in [5, 5.41) is 2.68. The molecule has 0 aromatic rings. The molecule has 1 amide bonds. The third-order valence-electron chi connectivity index (χ3n) is 1.49. The molecule has 0 heterocycles. The largest absolute Gasteiger partial charge is 0.469 e. The van der Waals surface area contributed by atoms with Gasteiger partial charge in [0.15, 0.2) is 0 Å². The lowest BCUT2D eigenvalue weighted by Crippen LogP contribution is -2.32. The van der Waals surface area contributed by atoms with Crippen LogP contribution in [0.5, 0.6) is 0 Å². The van der Waals surface area contributed by atoms with Gasteiger partial charge in [0, 0.05) is 13.5 Å². The topological polar surface area (TPSA) is 64.6 Å². The molecule has 0 radical (unpaired) electrons. The van der Waals surface area contributed by atoms with Gasteiger partial charge in [0.05, 0.1) is 7.11 Å². The summed E-state index contributed by atoms with van der Waals surface area (Å²) in [6.07, 6.45) is 1.76. The van der Waals surface area contributed by atoms with Crippen molar-refractivity contribution in [3.63, 3.8) is 0 Å². The summed E-state index contributed by atoms with van der Waals surface area (Å²) in [6.45, 7) is 9.70. The molecule has 0 saturated carbocycles. The first-order chi connectivity index (χ1) is 7.72. The van der Waals surface area contributed by atoms with E-state index < -0.39 is 5.60 Å². The number of carbonyl (C=O) groups is 2. The van der Waals surface area contributed by atoms with Crippen molar-refractivity contribution in [2.75, 3.05) is 13.7 Å². The summed E-state index contributed by atoms with van der Waals surface area (Å²) in [5.41, 5.74) is -0.393. The van der Waals surface area contributed by atoms with Crippen molar-refractivity contribution >= 4 is 12.1 Å². The molecule has 0 fully saturated rings. The van der Waals surface area contributed by atoms with E-state index in [9.17, 15) is 9.59 Å². The third kappa shape index (κ3) is 20.7. The number of hydrogen-bond acceptors (Lipinski definition) is 4. The predicted octanol–water partition coefficient (Wildman–Crippen LogP) is 2.49. The standard InChI is InChI=1S/C9H19NO2.C3H6O2/c1-5-6-7-10-8(11)12-9(2,3)4;1-3(4)5-2/h5-7H2,1-4H3,(H,10,11);1-2H3. The van der Waals surface area contributed by atoms with E-state index in [0.29, 0.717) is 6.54 Å². The van der Waals surface area contributed by atoms with Gasteiger partial charge in [-0.2, -0.15) is 0 Å². The summed E-state index contributed by atoms with van der Waals surface area (Å²) < 4.78 is 9.15. The molecular weight excluding hydrogens is 222 g/mol. The zero-order chi connectivity index (χ0) is 13.9. The number of methoxy groups -OCH3 is 1. The van der Waals surface area contributed by atoms with Crippen molar-refractivity contribution in [2.24, 2.45) is 0 Å². The molecule has 5 heteroatoms. The number of alkyl carbamates (subject to hydrolysis) is 1. The summed E-state index contributed by atoms with van der Waals surface area (Å²) >= 11 is 0. The molecule has 0 aliphatic heterocycles. The first-order valence-electron chi connectivity index (χ1n) is 5.74. The molecule has 0 spiro atoms. The Kier molecular flexibility index (Phi) is 10.6. The van der Waals surface area contributed by atoms with E-state index in [1.165, 1.54) is 14.0 Å². The molecule has 0 atom stereocenters. The third-order valence-corrected chi connectivity index (χ3v) is 1.49. The number of unbranched alkanes of at least 4 members (excludes halogenated alkanes) is 1. The van der Waals surface area contributed by atoms with Crippen molar-refractivity contribution in [1.29, 1.82) is 0 Å². The Morgan fingerprint density at radius 1 is 1.24 bits per heavy atom. The van der Waals surface area contributed by atoms with E-state index in [1.807, 2.05) is 20.8 Å². The summed E-state index contributed by atoms with van der Waals surface area (Å²) in [5.74, 6) is -0.245. The van der Waals surface area contributed by atoms with Crippen LogP contribution in [0, 0.1) is 0 Å². The fraction of sp³-hybridized carbons (Fsp3) is 0.833. The lowest BCUT2D eigenvalue weighted by Gasteiger charge is -2.19. The van der Waals surface area contributed by atoms with E-state index in [-0.39, 0.29) is 12.1 Å². The van der Waals surface area contributed by atoms with Gasteiger partial charge < -0.3 is 14.8 Å². The maximum Gasteiger partial charge on any atom is 0.407 e. The summed E-state index contributed by atoms with van der Waals surface area (Å²) in [7, 11) is 1.35. The minimum Gasteiger partial charge on any atom is -0.469 e. The van der Waals surface area contributed by atoms with Crippen molar-refractivity contribution in [3.05, 3.63) is 0 Å². The van der Waals surface area contributed by atoms with Crippen LogP contribution in [0.4, 0.5) is 4.79 Å². The molecule has 0 unspecified atom stereocenters. The highest BCUT2D eigenvalue weighted by Gasteiger charge is 2.14. The van der Waals surface area contributed by atoms with E-state index in [0.717, 1.165) is 12.8 Å². The van der Waals surface area contributed by atoms with Gasteiger partial charge in [0.25, 0.3) is 0 Å². The van der Waals surface area contributed by atoms with Gasteiger partial charge in [-0.1, -0.05) is 13.3 Å². The number of rotatable bonds is 3. The second kappa shape index (κ2) is 9.93. The predicted molar refractivity (Wildman–Crippen MR) is 66.8 cm³/mol. The van der Waals surface area contributed by atoms with Gasteiger partial charge in [0.2, 0.25) is 0 Å². The Hall–Kier alpha value is -1.26. The van der Waals surface area contributed by atoms with Crippen LogP contribution in [0.3, 0.4) is 0 Å². The Balaban J connectivity index is 0. The normalized spacial score (nSPS) is 9.76. The fourth-order valence-corrected chi connectivity index (χ4v) is 0.681. The molecule has 17 heavy (non-hydrogen) atoms. The number of hydrogen-bond donors (Lipinski definition) is 1. The number of esters is 1. The molecule has 102 valence electrons. The van der Waals surface area contributed by atoms with Crippen molar-refractivity contribution < 1.29 is 19.1 Å². The first kappa shape index (κ1) is 18.1. The highest BCUT2D eigenvalue weighted by molar-refractivity contribution is 5.67.